The van der Waals surface area contributed by atoms with E-state index in [1.54, 1.807) is 12.1 Å². The van der Waals surface area contributed by atoms with E-state index < -0.39 is 9.84 Å². The van der Waals surface area contributed by atoms with E-state index in [2.05, 4.69) is 30.3 Å². The van der Waals surface area contributed by atoms with Gasteiger partial charge in [-0.1, -0.05) is 40.0 Å². The van der Waals surface area contributed by atoms with E-state index in [-0.39, 0.29) is 15.2 Å². The number of ether oxygens (including phenoxy) is 1. The van der Waals surface area contributed by atoms with Crippen molar-refractivity contribution in [1.82, 2.24) is 14.5 Å². The lowest BCUT2D eigenvalue weighted by atomic mass is 9.88. The minimum absolute atomic E-state index is 0.135. The van der Waals surface area contributed by atoms with Crippen molar-refractivity contribution < 1.29 is 13.2 Å². The zero-order chi connectivity index (χ0) is 22.9. The van der Waals surface area contributed by atoms with Crippen LogP contribution in [-0.2, 0) is 21.8 Å². The van der Waals surface area contributed by atoms with Crippen LogP contribution in [0.25, 0.3) is 11.0 Å². The summed E-state index contributed by atoms with van der Waals surface area (Å²) in [4.78, 5) is 9.42. The Kier molecular flexibility index (Phi) is 6.30. The van der Waals surface area contributed by atoms with Crippen molar-refractivity contribution in [3.63, 3.8) is 0 Å². The lowest BCUT2D eigenvalue weighted by molar-refractivity contribution is 0.313. The first-order valence-electron chi connectivity index (χ1n) is 11.5. The third-order valence-corrected chi connectivity index (χ3v) is 7.92. The van der Waals surface area contributed by atoms with Crippen LogP contribution in [0.5, 0.6) is 5.88 Å². The molecule has 0 radical (unpaired) electrons. The first kappa shape index (κ1) is 22.8. The number of imidazole rings is 1. The summed E-state index contributed by atoms with van der Waals surface area (Å²) in [6.45, 7) is 9.70. The normalized spacial score (nSPS) is 15.9. The van der Waals surface area contributed by atoms with E-state index in [1.165, 1.54) is 50.4 Å². The van der Waals surface area contributed by atoms with E-state index in [1.807, 2.05) is 13.0 Å². The summed E-state index contributed by atoms with van der Waals surface area (Å²) in [5.41, 5.74) is 1.60. The molecular weight excluding hydrogens is 422 g/mol. The second-order valence-electron chi connectivity index (χ2n) is 9.72. The molecule has 6 nitrogen and oxygen atoms in total. The number of sulfone groups is 1. The fraction of sp³-hybridized carbons (Fsp3) is 0.520. The van der Waals surface area contributed by atoms with Gasteiger partial charge in [-0.25, -0.2) is 18.4 Å². The van der Waals surface area contributed by atoms with Gasteiger partial charge in [0.1, 0.15) is 5.82 Å². The molecule has 1 fully saturated rings. The van der Waals surface area contributed by atoms with Crippen molar-refractivity contribution in [2.24, 2.45) is 5.92 Å². The molecule has 0 atom stereocenters. The molecule has 4 rings (SSSR count). The van der Waals surface area contributed by atoms with Crippen molar-refractivity contribution in [2.45, 2.75) is 81.5 Å². The quantitative estimate of drug-likeness (QED) is 0.488. The largest absolute Gasteiger partial charge is 0.478 e. The van der Waals surface area contributed by atoms with Gasteiger partial charge in [0.25, 0.3) is 0 Å². The molecule has 172 valence electrons. The van der Waals surface area contributed by atoms with Crippen LogP contribution >= 0.6 is 0 Å². The predicted octanol–water partition coefficient (Wildman–Crippen LogP) is 5.54. The lowest BCUT2D eigenvalue weighted by Crippen LogP contribution is -2.22. The zero-order valence-corrected chi connectivity index (χ0v) is 20.3. The lowest BCUT2D eigenvalue weighted by Gasteiger charge is -2.26. The van der Waals surface area contributed by atoms with Crippen LogP contribution in [-0.4, -0.2) is 29.6 Å². The van der Waals surface area contributed by atoms with Gasteiger partial charge in [0.2, 0.25) is 15.7 Å². The van der Waals surface area contributed by atoms with Gasteiger partial charge in [0, 0.05) is 24.2 Å². The first-order chi connectivity index (χ1) is 15.2. The highest BCUT2D eigenvalue weighted by molar-refractivity contribution is 7.91. The highest BCUT2D eigenvalue weighted by atomic mass is 32.2. The number of pyridine rings is 1. The molecule has 0 N–H and O–H groups in total. The van der Waals surface area contributed by atoms with Gasteiger partial charge in [-0.2, -0.15) is 0 Å². The Morgan fingerprint density at radius 2 is 1.78 bits per heavy atom. The molecule has 2 heterocycles. The zero-order valence-electron chi connectivity index (χ0n) is 19.5. The maximum atomic E-state index is 13.3. The second kappa shape index (κ2) is 8.85. The van der Waals surface area contributed by atoms with Crippen molar-refractivity contribution in [3.05, 3.63) is 42.4 Å². The van der Waals surface area contributed by atoms with Gasteiger partial charge in [0.15, 0.2) is 0 Å². The summed E-state index contributed by atoms with van der Waals surface area (Å²) >= 11 is 0. The number of aromatic nitrogens is 3. The maximum absolute atomic E-state index is 13.3. The van der Waals surface area contributed by atoms with Gasteiger partial charge in [-0.15, -0.1) is 0 Å². The monoisotopic (exact) mass is 455 g/mol. The molecular formula is C25H33N3O3S. The smallest absolute Gasteiger partial charge is 0.214 e. The van der Waals surface area contributed by atoms with E-state index >= 15 is 0 Å². The van der Waals surface area contributed by atoms with Crippen LogP contribution in [0.2, 0.25) is 0 Å². The van der Waals surface area contributed by atoms with E-state index in [0.717, 1.165) is 23.4 Å². The van der Waals surface area contributed by atoms with Crippen LogP contribution in [0.15, 0.2) is 46.3 Å². The average Bonchev–Trinajstić information content (AvgIpc) is 3.13. The molecule has 1 aliphatic carbocycles. The Hall–Kier alpha value is -2.41. The Morgan fingerprint density at radius 3 is 2.47 bits per heavy atom. The molecule has 7 heteroatoms. The number of benzene rings is 1. The van der Waals surface area contributed by atoms with Gasteiger partial charge < -0.3 is 9.30 Å². The topological polar surface area (TPSA) is 74.1 Å². The Bertz CT molecular complexity index is 1200. The van der Waals surface area contributed by atoms with Crippen molar-refractivity contribution in [3.8, 4) is 5.88 Å². The third-order valence-electron chi connectivity index (χ3n) is 6.18. The molecule has 0 aliphatic heterocycles. The molecule has 1 saturated carbocycles. The molecule has 0 amide bonds. The minimum Gasteiger partial charge on any atom is -0.478 e. The molecule has 0 spiro atoms. The molecule has 32 heavy (non-hydrogen) atoms. The number of rotatable bonds is 6. The molecule has 3 aromatic rings. The molecule has 0 saturated heterocycles. The van der Waals surface area contributed by atoms with Gasteiger partial charge in [-0.05, 0) is 49.9 Å². The highest BCUT2D eigenvalue weighted by Gasteiger charge is 2.27. The van der Waals surface area contributed by atoms with Crippen LogP contribution in [0.3, 0.4) is 0 Å². The van der Waals surface area contributed by atoms with E-state index in [9.17, 15) is 8.42 Å². The Labute approximate surface area is 191 Å². The number of hydrogen-bond donors (Lipinski definition) is 0. The van der Waals surface area contributed by atoms with Crippen molar-refractivity contribution in [1.29, 1.82) is 0 Å². The summed E-state index contributed by atoms with van der Waals surface area (Å²) in [5, 5.41) is 0. The standard InChI is InChI=1S/C25H33N3O3S/c1-5-31-23-16-20(13-14-26-23)32(29,30)19-11-12-22-21(15-19)27-24(25(2,3)4)28(22)17-18-9-7-6-8-10-18/h11-16,18H,5-10,17H2,1-4H3. The average molecular weight is 456 g/mol. The van der Waals surface area contributed by atoms with Crippen LogP contribution in [0, 0.1) is 5.92 Å². The van der Waals surface area contributed by atoms with Gasteiger partial charge >= 0.3 is 0 Å². The molecule has 0 bridgehead atoms. The van der Waals surface area contributed by atoms with Gasteiger partial charge in [-0.3, -0.25) is 0 Å². The minimum atomic E-state index is -3.71. The molecule has 2 aromatic heterocycles. The molecule has 0 unspecified atom stereocenters. The summed E-state index contributed by atoms with van der Waals surface area (Å²) < 4.78 is 34.3. The number of fused-ring (bicyclic) bond motifs is 1. The number of nitrogens with zero attached hydrogens (tertiary/aromatic N) is 3. The predicted molar refractivity (Wildman–Crippen MR) is 126 cm³/mol. The third kappa shape index (κ3) is 4.53. The fourth-order valence-electron chi connectivity index (χ4n) is 4.58. The SMILES string of the molecule is CCOc1cc(S(=O)(=O)c2ccc3c(c2)nc(C(C)(C)C)n3CC2CCCCC2)ccn1. The summed E-state index contributed by atoms with van der Waals surface area (Å²) in [5.74, 6) is 1.97. The summed E-state index contributed by atoms with van der Waals surface area (Å²) in [7, 11) is -3.71. The van der Waals surface area contributed by atoms with E-state index in [4.69, 9.17) is 9.72 Å². The molecule has 1 aromatic carbocycles. The molecule has 1 aliphatic rings. The fourth-order valence-corrected chi connectivity index (χ4v) is 5.87. The number of hydrogen-bond acceptors (Lipinski definition) is 5. The van der Waals surface area contributed by atoms with Gasteiger partial charge in [0.05, 0.1) is 27.4 Å². The van der Waals surface area contributed by atoms with Crippen LogP contribution in [0.4, 0.5) is 0 Å². The Morgan fingerprint density at radius 1 is 1.06 bits per heavy atom. The Balaban J connectivity index is 1.76. The second-order valence-corrected chi connectivity index (χ2v) is 11.7. The van der Waals surface area contributed by atoms with Crippen LogP contribution < -0.4 is 4.74 Å². The van der Waals surface area contributed by atoms with Crippen LogP contribution in [0.1, 0.15) is 65.6 Å². The van der Waals surface area contributed by atoms with Crippen molar-refractivity contribution >= 4 is 20.9 Å². The summed E-state index contributed by atoms with van der Waals surface area (Å²) in [6.07, 6.45) is 7.88. The van der Waals surface area contributed by atoms with Crippen molar-refractivity contribution in [2.75, 3.05) is 6.61 Å². The highest BCUT2D eigenvalue weighted by Crippen LogP contribution is 2.33. The first-order valence-corrected chi connectivity index (χ1v) is 13.0. The van der Waals surface area contributed by atoms with E-state index in [0.29, 0.717) is 18.4 Å². The maximum Gasteiger partial charge on any atom is 0.214 e. The summed E-state index contributed by atoms with van der Waals surface area (Å²) in [6, 6.07) is 8.30.